The van der Waals surface area contributed by atoms with Gasteiger partial charge >= 0.3 is 0 Å². The maximum Gasteiger partial charge on any atom is 0.271 e. The van der Waals surface area contributed by atoms with Gasteiger partial charge < -0.3 is 14.5 Å². The van der Waals surface area contributed by atoms with Crippen molar-refractivity contribution in [3.05, 3.63) is 47.5 Å². The van der Waals surface area contributed by atoms with Gasteiger partial charge in [-0.15, -0.1) is 0 Å². The fraction of sp³-hybridized carbons (Fsp3) is 0.250. The number of hydrazone groups is 1. The van der Waals surface area contributed by atoms with Crippen molar-refractivity contribution in [3.63, 3.8) is 0 Å². The van der Waals surface area contributed by atoms with Crippen LogP contribution in [0.25, 0.3) is 11.0 Å². The van der Waals surface area contributed by atoms with E-state index < -0.39 is 0 Å². The molecule has 8 heteroatoms. The minimum atomic E-state index is -0.300. The number of carbonyl (C=O) groups is 1. The molecule has 2 aromatic carbocycles. The topological polar surface area (TPSA) is 88.6 Å². The van der Waals surface area contributed by atoms with Gasteiger partial charge in [0.2, 0.25) is 0 Å². The number of hydrogen-bond acceptors (Lipinski definition) is 6. The lowest BCUT2D eigenvalue weighted by Crippen LogP contribution is -2.17. The molecule has 0 saturated carbocycles. The van der Waals surface area contributed by atoms with Crippen molar-refractivity contribution < 1.29 is 14.3 Å². The zero-order chi connectivity index (χ0) is 20.1. The monoisotopic (exact) mass is 398 g/mol. The number of nitrogens with zero attached hydrogens (tertiary/aromatic N) is 2. The molecule has 0 saturated heterocycles. The summed E-state index contributed by atoms with van der Waals surface area (Å²) in [5, 5.41) is 5.29. The Kier molecular flexibility index (Phi) is 6.20. The van der Waals surface area contributed by atoms with E-state index in [-0.39, 0.29) is 5.91 Å². The van der Waals surface area contributed by atoms with Gasteiger partial charge in [0.15, 0.2) is 16.7 Å². The highest BCUT2D eigenvalue weighted by molar-refractivity contribution is 7.99. The summed E-state index contributed by atoms with van der Waals surface area (Å²) in [7, 11) is 3.14. The minimum Gasteiger partial charge on any atom is -0.493 e. The normalized spacial score (nSPS) is 11.3. The van der Waals surface area contributed by atoms with E-state index in [1.54, 1.807) is 56.5 Å². The number of H-pyrrole nitrogens is 1. The molecule has 146 valence electrons. The third-order valence-corrected chi connectivity index (χ3v) is 4.74. The van der Waals surface area contributed by atoms with Crippen molar-refractivity contribution in [2.45, 2.75) is 24.3 Å². The first-order chi connectivity index (χ1) is 13.5. The van der Waals surface area contributed by atoms with Crippen LogP contribution in [0.3, 0.4) is 0 Å². The molecule has 0 unspecified atom stereocenters. The maximum absolute atomic E-state index is 12.4. The highest BCUT2D eigenvalue weighted by Gasteiger charge is 2.10. The number of carbonyl (C=O) groups excluding carboxylic acids is 1. The largest absolute Gasteiger partial charge is 0.493 e. The first-order valence-electron chi connectivity index (χ1n) is 8.72. The van der Waals surface area contributed by atoms with Crippen LogP contribution >= 0.6 is 11.8 Å². The van der Waals surface area contributed by atoms with Gasteiger partial charge in [0, 0.05) is 10.8 Å². The summed E-state index contributed by atoms with van der Waals surface area (Å²) in [6.07, 6.45) is 1.55. The first-order valence-corrected chi connectivity index (χ1v) is 9.60. The number of hydrogen-bond donors (Lipinski definition) is 2. The fourth-order valence-electron chi connectivity index (χ4n) is 2.57. The molecule has 1 aromatic heterocycles. The second-order valence-corrected chi connectivity index (χ2v) is 7.82. The van der Waals surface area contributed by atoms with E-state index in [1.807, 2.05) is 12.1 Å². The second kappa shape index (κ2) is 8.79. The van der Waals surface area contributed by atoms with E-state index in [2.05, 4.69) is 34.3 Å². The third kappa shape index (κ3) is 4.64. The number of imidazole rings is 1. The van der Waals surface area contributed by atoms with E-state index >= 15 is 0 Å². The van der Waals surface area contributed by atoms with Gasteiger partial charge in [-0.2, -0.15) is 5.10 Å². The summed E-state index contributed by atoms with van der Waals surface area (Å²) < 4.78 is 10.5. The average molecular weight is 398 g/mol. The minimum absolute atomic E-state index is 0.300. The van der Waals surface area contributed by atoms with Crippen LogP contribution in [-0.2, 0) is 0 Å². The molecule has 3 rings (SSSR count). The number of aromatic nitrogens is 2. The van der Waals surface area contributed by atoms with Crippen LogP contribution in [0, 0.1) is 0 Å². The molecular formula is C20H22N4O3S. The van der Waals surface area contributed by atoms with Crippen molar-refractivity contribution in [2.75, 3.05) is 14.2 Å². The van der Waals surface area contributed by atoms with Gasteiger partial charge in [-0.1, -0.05) is 25.6 Å². The number of rotatable bonds is 7. The van der Waals surface area contributed by atoms with Gasteiger partial charge in [-0.25, -0.2) is 10.4 Å². The Morgan fingerprint density at radius 2 is 1.96 bits per heavy atom. The Balaban J connectivity index is 1.69. The van der Waals surface area contributed by atoms with Crippen LogP contribution in [0.4, 0.5) is 0 Å². The Morgan fingerprint density at radius 3 is 2.68 bits per heavy atom. The number of aromatic amines is 1. The molecular weight excluding hydrogens is 376 g/mol. The predicted octanol–water partition coefficient (Wildman–Crippen LogP) is 3.84. The predicted molar refractivity (Wildman–Crippen MR) is 112 cm³/mol. The Labute approximate surface area is 167 Å². The Morgan fingerprint density at radius 1 is 1.18 bits per heavy atom. The second-order valence-electron chi connectivity index (χ2n) is 6.25. The highest BCUT2D eigenvalue weighted by Crippen LogP contribution is 2.27. The summed E-state index contributed by atoms with van der Waals surface area (Å²) in [5.74, 6) is 0.926. The van der Waals surface area contributed by atoms with Crippen molar-refractivity contribution in [2.24, 2.45) is 5.10 Å². The summed E-state index contributed by atoms with van der Waals surface area (Å²) >= 11 is 1.65. The zero-order valence-corrected chi connectivity index (χ0v) is 17.0. The number of nitrogens with one attached hydrogen (secondary N) is 2. The summed E-state index contributed by atoms with van der Waals surface area (Å²) in [6.45, 7) is 4.21. The Hall–Kier alpha value is -3.00. The molecule has 0 fully saturated rings. The number of amides is 1. The van der Waals surface area contributed by atoms with Crippen LogP contribution < -0.4 is 14.9 Å². The lowest BCUT2D eigenvalue weighted by atomic mass is 10.2. The number of ether oxygens (including phenoxy) is 2. The number of thioether (sulfide) groups is 1. The number of fused-ring (bicyclic) bond motifs is 1. The fourth-order valence-corrected chi connectivity index (χ4v) is 3.34. The van der Waals surface area contributed by atoms with Gasteiger partial charge in [0.25, 0.3) is 5.91 Å². The number of benzene rings is 2. The molecule has 0 bridgehead atoms. The Bertz CT molecular complexity index is 1010. The summed E-state index contributed by atoms with van der Waals surface area (Å²) in [4.78, 5) is 20.1. The molecule has 1 heterocycles. The van der Waals surface area contributed by atoms with Crippen LogP contribution in [0.1, 0.15) is 29.8 Å². The number of methoxy groups -OCH3 is 2. The molecule has 0 aliphatic rings. The lowest BCUT2D eigenvalue weighted by Gasteiger charge is -2.07. The van der Waals surface area contributed by atoms with Crippen molar-refractivity contribution >= 4 is 34.9 Å². The first kappa shape index (κ1) is 19.8. The molecule has 0 spiro atoms. The average Bonchev–Trinajstić information content (AvgIpc) is 3.08. The summed E-state index contributed by atoms with van der Waals surface area (Å²) in [6, 6.07) is 10.7. The third-order valence-electron chi connectivity index (χ3n) is 3.86. The molecule has 0 aliphatic heterocycles. The smallest absolute Gasteiger partial charge is 0.271 e. The quantitative estimate of drug-likeness (QED) is 0.359. The van der Waals surface area contributed by atoms with E-state index in [9.17, 15) is 4.79 Å². The van der Waals surface area contributed by atoms with Gasteiger partial charge in [-0.3, -0.25) is 4.79 Å². The highest BCUT2D eigenvalue weighted by atomic mass is 32.2. The van der Waals surface area contributed by atoms with Crippen molar-refractivity contribution in [1.82, 2.24) is 15.4 Å². The molecule has 7 nitrogen and oxygen atoms in total. The maximum atomic E-state index is 12.4. The van der Waals surface area contributed by atoms with Gasteiger partial charge in [0.05, 0.1) is 31.5 Å². The van der Waals surface area contributed by atoms with Gasteiger partial charge in [-0.05, 0) is 42.0 Å². The van der Waals surface area contributed by atoms with Crippen LogP contribution in [0.5, 0.6) is 11.5 Å². The van der Waals surface area contributed by atoms with E-state index in [0.717, 1.165) is 21.8 Å². The van der Waals surface area contributed by atoms with Crippen LogP contribution in [0.15, 0.2) is 46.7 Å². The molecule has 1 amide bonds. The standard InChI is InChI=1S/C20H22N4O3S/c1-12(2)28-20-22-15-7-6-14(10-16(15)23-20)19(25)24-21-11-13-5-8-17(26-3)18(9-13)27-4/h5-12H,1-4H3,(H,22,23)(H,24,25)/b21-11-. The molecule has 2 N–H and O–H groups in total. The van der Waals surface area contributed by atoms with Crippen LogP contribution in [0.2, 0.25) is 0 Å². The summed E-state index contributed by atoms with van der Waals surface area (Å²) in [5.41, 5.74) is 5.46. The van der Waals surface area contributed by atoms with Crippen LogP contribution in [-0.4, -0.2) is 41.6 Å². The zero-order valence-electron chi connectivity index (χ0n) is 16.1. The van der Waals surface area contributed by atoms with E-state index in [0.29, 0.717) is 22.3 Å². The SMILES string of the molecule is COc1ccc(/C=N\NC(=O)c2ccc3nc(SC(C)C)[nH]c3c2)cc1OC. The van der Waals surface area contributed by atoms with Crippen molar-refractivity contribution in [3.8, 4) is 11.5 Å². The molecule has 0 atom stereocenters. The molecule has 3 aromatic rings. The van der Waals surface area contributed by atoms with E-state index in [1.165, 1.54) is 0 Å². The van der Waals surface area contributed by atoms with Gasteiger partial charge in [0.1, 0.15) is 0 Å². The van der Waals surface area contributed by atoms with Crippen molar-refractivity contribution in [1.29, 1.82) is 0 Å². The molecule has 28 heavy (non-hydrogen) atoms. The molecule has 0 aliphatic carbocycles. The lowest BCUT2D eigenvalue weighted by molar-refractivity contribution is 0.0955. The molecule has 0 radical (unpaired) electrons. The van der Waals surface area contributed by atoms with E-state index in [4.69, 9.17) is 9.47 Å².